The van der Waals surface area contributed by atoms with Crippen LogP contribution in [0.2, 0.25) is 0 Å². The van der Waals surface area contributed by atoms with E-state index in [2.05, 4.69) is 31.8 Å². The Kier molecular flexibility index (Phi) is 3.40. The average molecular weight is 227 g/mol. The Morgan fingerprint density at radius 3 is 2.88 bits per heavy atom. The highest BCUT2D eigenvalue weighted by Crippen LogP contribution is 2.12. The van der Waals surface area contributed by atoms with E-state index in [1.807, 2.05) is 25.1 Å². The number of pyridine rings is 1. The minimum atomic E-state index is 0.540. The Hall–Kier alpha value is -2.30. The molecule has 0 aliphatic rings. The third-order valence-corrected chi connectivity index (χ3v) is 2.05. The standard InChI is InChI=1S/C12H13N5/c1-3-7-14-12-16-9(2)15-11(17-12)10-6-4-5-8-13-10/h3-6,8H,1,7H2,2H3,(H,14,15,16,17). The highest BCUT2D eigenvalue weighted by Gasteiger charge is 2.06. The second kappa shape index (κ2) is 5.16. The number of hydrogen-bond donors (Lipinski definition) is 1. The van der Waals surface area contributed by atoms with Gasteiger partial charge in [-0.1, -0.05) is 12.1 Å². The summed E-state index contributed by atoms with van der Waals surface area (Å²) in [6.45, 7) is 6.08. The van der Waals surface area contributed by atoms with Crippen LogP contribution < -0.4 is 5.32 Å². The van der Waals surface area contributed by atoms with E-state index < -0.39 is 0 Å². The highest BCUT2D eigenvalue weighted by molar-refractivity contribution is 5.50. The van der Waals surface area contributed by atoms with Crippen LogP contribution in [0.3, 0.4) is 0 Å². The summed E-state index contributed by atoms with van der Waals surface area (Å²) in [7, 11) is 0. The molecule has 0 unspecified atom stereocenters. The molecule has 0 atom stereocenters. The van der Waals surface area contributed by atoms with Crippen LogP contribution in [0, 0.1) is 6.92 Å². The van der Waals surface area contributed by atoms with Gasteiger partial charge in [0.25, 0.3) is 0 Å². The van der Waals surface area contributed by atoms with Gasteiger partial charge in [-0.15, -0.1) is 6.58 Å². The largest absolute Gasteiger partial charge is 0.351 e. The Balaban J connectivity index is 2.35. The summed E-state index contributed by atoms with van der Waals surface area (Å²) >= 11 is 0. The van der Waals surface area contributed by atoms with Crippen molar-refractivity contribution in [2.24, 2.45) is 0 Å². The predicted molar refractivity (Wildman–Crippen MR) is 66.5 cm³/mol. The van der Waals surface area contributed by atoms with Gasteiger partial charge in [-0.05, 0) is 19.1 Å². The van der Waals surface area contributed by atoms with E-state index in [0.717, 1.165) is 5.69 Å². The molecule has 0 aliphatic carbocycles. The fourth-order valence-electron chi connectivity index (χ4n) is 1.33. The number of rotatable bonds is 4. The second-order valence-corrected chi connectivity index (χ2v) is 3.41. The molecule has 86 valence electrons. The molecule has 0 amide bonds. The number of aryl methyl sites for hydroxylation is 1. The van der Waals surface area contributed by atoms with Crippen LogP contribution in [0.1, 0.15) is 5.82 Å². The van der Waals surface area contributed by atoms with Crippen LogP contribution in [-0.4, -0.2) is 26.5 Å². The zero-order valence-corrected chi connectivity index (χ0v) is 9.59. The van der Waals surface area contributed by atoms with Gasteiger partial charge in [0, 0.05) is 12.7 Å². The highest BCUT2D eigenvalue weighted by atomic mass is 15.2. The Bertz CT molecular complexity index is 510. The fourth-order valence-corrected chi connectivity index (χ4v) is 1.33. The summed E-state index contributed by atoms with van der Waals surface area (Å²) in [5.74, 6) is 1.77. The first kappa shape index (κ1) is 11.2. The third-order valence-electron chi connectivity index (χ3n) is 2.05. The summed E-state index contributed by atoms with van der Waals surface area (Å²) in [6, 6.07) is 5.62. The van der Waals surface area contributed by atoms with E-state index in [9.17, 15) is 0 Å². The molecule has 0 fully saturated rings. The molecule has 0 radical (unpaired) electrons. The smallest absolute Gasteiger partial charge is 0.226 e. The molecular weight excluding hydrogens is 214 g/mol. The minimum Gasteiger partial charge on any atom is -0.351 e. The van der Waals surface area contributed by atoms with Crippen molar-refractivity contribution in [1.29, 1.82) is 0 Å². The maximum Gasteiger partial charge on any atom is 0.226 e. The number of anilines is 1. The second-order valence-electron chi connectivity index (χ2n) is 3.41. The van der Waals surface area contributed by atoms with Crippen LogP contribution in [-0.2, 0) is 0 Å². The topological polar surface area (TPSA) is 63.6 Å². The van der Waals surface area contributed by atoms with Crippen molar-refractivity contribution < 1.29 is 0 Å². The number of hydrogen-bond acceptors (Lipinski definition) is 5. The van der Waals surface area contributed by atoms with E-state index in [1.54, 1.807) is 12.3 Å². The van der Waals surface area contributed by atoms with E-state index in [1.165, 1.54) is 0 Å². The van der Waals surface area contributed by atoms with Gasteiger partial charge < -0.3 is 5.32 Å². The van der Waals surface area contributed by atoms with Crippen molar-refractivity contribution >= 4 is 5.95 Å². The van der Waals surface area contributed by atoms with Crippen molar-refractivity contribution in [2.75, 3.05) is 11.9 Å². The third kappa shape index (κ3) is 2.84. The minimum absolute atomic E-state index is 0.540. The zero-order chi connectivity index (χ0) is 12.1. The van der Waals surface area contributed by atoms with Gasteiger partial charge in [-0.2, -0.15) is 9.97 Å². The van der Waals surface area contributed by atoms with Crippen molar-refractivity contribution in [2.45, 2.75) is 6.92 Å². The summed E-state index contributed by atoms with van der Waals surface area (Å²) < 4.78 is 0. The van der Waals surface area contributed by atoms with Crippen molar-refractivity contribution in [3.63, 3.8) is 0 Å². The summed E-state index contributed by atoms with van der Waals surface area (Å²) in [5.41, 5.74) is 0.736. The van der Waals surface area contributed by atoms with Gasteiger partial charge in [0.1, 0.15) is 11.5 Å². The lowest BCUT2D eigenvalue weighted by molar-refractivity contribution is 0.970. The average Bonchev–Trinajstić information content (AvgIpc) is 2.37. The summed E-state index contributed by atoms with van der Waals surface area (Å²) in [5, 5.41) is 3.04. The lowest BCUT2D eigenvalue weighted by atomic mass is 10.3. The molecule has 0 bridgehead atoms. The number of nitrogens with one attached hydrogen (secondary N) is 1. The van der Waals surface area contributed by atoms with Gasteiger partial charge in [-0.25, -0.2) is 4.98 Å². The first-order chi connectivity index (χ1) is 8.29. The molecule has 0 aromatic carbocycles. The molecule has 0 aliphatic heterocycles. The Morgan fingerprint density at radius 1 is 1.29 bits per heavy atom. The van der Waals surface area contributed by atoms with Crippen LogP contribution in [0.15, 0.2) is 37.1 Å². The molecule has 2 heterocycles. The molecule has 2 rings (SSSR count). The van der Waals surface area contributed by atoms with Crippen molar-refractivity contribution in [1.82, 2.24) is 19.9 Å². The SMILES string of the molecule is C=CCNc1nc(C)nc(-c2ccccn2)n1. The van der Waals surface area contributed by atoms with Gasteiger partial charge in [-0.3, -0.25) is 4.98 Å². The molecule has 1 N–H and O–H groups in total. The first-order valence-corrected chi connectivity index (χ1v) is 5.28. The molecule has 5 heteroatoms. The van der Waals surface area contributed by atoms with Crippen LogP contribution in [0.4, 0.5) is 5.95 Å². The van der Waals surface area contributed by atoms with Crippen LogP contribution >= 0.6 is 0 Å². The van der Waals surface area contributed by atoms with E-state index >= 15 is 0 Å². The van der Waals surface area contributed by atoms with E-state index in [0.29, 0.717) is 24.1 Å². The molecule has 0 saturated heterocycles. The van der Waals surface area contributed by atoms with Gasteiger partial charge in [0.2, 0.25) is 5.95 Å². The van der Waals surface area contributed by atoms with Crippen LogP contribution in [0.25, 0.3) is 11.5 Å². The van der Waals surface area contributed by atoms with Gasteiger partial charge >= 0.3 is 0 Å². The van der Waals surface area contributed by atoms with Crippen molar-refractivity contribution in [3.05, 3.63) is 42.9 Å². The molecule has 5 nitrogen and oxygen atoms in total. The fraction of sp³-hybridized carbons (Fsp3) is 0.167. The summed E-state index contributed by atoms with van der Waals surface area (Å²) in [6.07, 6.45) is 3.46. The Morgan fingerprint density at radius 2 is 2.18 bits per heavy atom. The molecule has 2 aromatic heterocycles. The molecule has 0 spiro atoms. The maximum atomic E-state index is 4.30. The van der Waals surface area contributed by atoms with Gasteiger partial charge in [0.05, 0.1) is 0 Å². The maximum absolute atomic E-state index is 4.30. The molecular formula is C12H13N5. The molecule has 0 saturated carbocycles. The number of aromatic nitrogens is 4. The predicted octanol–water partition coefficient (Wildman–Crippen LogP) is 1.84. The van der Waals surface area contributed by atoms with Gasteiger partial charge in [0.15, 0.2) is 5.82 Å². The lowest BCUT2D eigenvalue weighted by Crippen LogP contribution is -2.07. The lowest BCUT2D eigenvalue weighted by Gasteiger charge is -2.05. The normalized spacial score (nSPS) is 9.94. The Labute approximate surface area is 99.7 Å². The van der Waals surface area contributed by atoms with E-state index in [-0.39, 0.29) is 0 Å². The molecule has 2 aromatic rings. The zero-order valence-electron chi connectivity index (χ0n) is 9.59. The number of nitrogens with zero attached hydrogens (tertiary/aromatic N) is 4. The van der Waals surface area contributed by atoms with Crippen LogP contribution in [0.5, 0.6) is 0 Å². The molecule has 17 heavy (non-hydrogen) atoms. The first-order valence-electron chi connectivity index (χ1n) is 5.28. The summed E-state index contributed by atoms with van der Waals surface area (Å²) in [4.78, 5) is 17.0. The monoisotopic (exact) mass is 227 g/mol. The van der Waals surface area contributed by atoms with E-state index in [4.69, 9.17) is 0 Å². The quantitative estimate of drug-likeness (QED) is 0.807. The van der Waals surface area contributed by atoms with Crippen molar-refractivity contribution in [3.8, 4) is 11.5 Å².